The van der Waals surface area contributed by atoms with E-state index in [0.717, 1.165) is 23.8 Å². The molecule has 1 aliphatic rings. The summed E-state index contributed by atoms with van der Waals surface area (Å²) in [5.74, 6) is -1.13. The zero-order valence-corrected chi connectivity index (χ0v) is 14.1. The highest BCUT2D eigenvalue weighted by molar-refractivity contribution is 6.46. The summed E-state index contributed by atoms with van der Waals surface area (Å²) in [6, 6.07) is 11.7. The lowest BCUT2D eigenvalue weighted by Crippen LogP contribution is -2.45. The number of rotatable bonds is 5. The quantitative estimate of drug-likeness (QED) is 0.378. The topological polar surface area (TPSA) is 72.2 Å². The fourth-order valence-corrected chi connectivity index (χ4v) is 3.43. The molecule has 8 heteroatoms. The Morgan fingerprint density at radius 2 is 1.96 bits per heavy atom. The summed E-state index contributed by atoms with van der Waals surface area (Å²) in [4.78, 5) is 4.51. The molecule has 132 valence electrons. The molecule has 0 aromatic heterocycles. The van der Waals surface area contributed by atoms with E-state index in [4.69, 9.17) is 5.53 Å². The van der Waals surface area contributed by atoms with Crippen molar-refractivity contribution in [3.8, 4) is 0 Å². The van der Waals surface area contributed by atoms with Crippen LogP contribution in [0.5, 0.6) is 0 Å². The molecule has 0 spiro atoms. The molecule has 0 saturated heterocycles. The lowest BCUT2D eigenvalue weighted by atomic mass is 9.80. The monoisotopic (exact) mass is 354 g/mol. The second-order valence-electron chi connectivity index (χ2n) is 6.11. The van der Waals surface area contributed by atoms with E-state index in [1.165, 1.54) is 0 Å². The summed E-state index contributed by atoms with van der Waals surface area (Å²) in [7, 11) is -0.885. The van der Waals surface area contributed by atoms with Crippen LogP contribution >= 0.6 is 0 Å². The van der Waals surface area contributed by atoms with Gasteiger partial charge in [0.15, 0.2) is 0 Å². The first-order valence-corrected chi connectivity index (χ1v) is 8.21. The first kappa shape index (κ1) is 18.1. The number of hydrogen-bond acceptors (Lipinski definition) is 3. The summed E-state index contributed by atoms with van der Waals surface area (Å²) in [5.41, 5.74) is 10.2. The van der Waals surface area contributed by atoms with Crippen molar-refractivity contribution in [1.29, 1.82) is 0 Å². The van der Waals surface area contributed by atoms with E-state index in [1.54, 1.807) is 17.7 Å². The molecule has 0 fully saturated rings. The summed E-state index contributed by atoms with van der Waals surface area (Å²) >= 11 is 0. The minimum Gasteiger partial charge on any atom is -0.437 e. The molecule has 5 nitrogen and oxygen atoms in total. The Hall–Kier alpha value is -2.67. The molecular formula is C18H17BF2N4O. The maximum absolute atomic E-state index is 14.4. The Labute approximate surface area is 150 Å². The minimum absolute atomic E-state index is 0.00742. The Morgan fingerprint density at radius 3 is 2.62 bits per heavy atom. The van der Waals surface area contributed by atoms with Crippen molar-refractivity contribution < 1.29 is 13.8 Å². The highest BCUT2D eigenvalue weighted by atomic mass is 19.1. The van der Waals surface area contributed by atoms with Crippen molar-refractivity contribution >= 4 is 12.6 Å². The van der Waals surface area contributed by atoms with Gasteiger partial charge in [-0.05, 0) is 41.7 Å². The van der Waals surface area contributed by atoms with E-state index in [9.17, 15) is 13.8 Å². The van der Waals surface area contributed by atoms with Crippen molar-refractivity contribution in [3.63, 3.8) is 0 Å². The second-order valence-corrected chi connectivity index (χ2v) is 6.11. The summed E-state index contributed by atoms with van der Waals surface area (Å²) in [6.07, 6.45) is 1.79. The van der Waals surface area contributed by atoms with Crippen molar-refractivity contribution in [1.82, 2.24) is 4.81 Å². The molecule has 3 rings (SSSR count). The van der Waals surface area contributed by atoms with Crippen molar-refractivity contribution in [3.05, 3.63) is 87.8 Å². The Bertz CT molecular complexity index is 869. The van der Waals surface area contributed by atoms with E-state index in [-0.39, 0.29) is 18.2 Å². The third-order valence-corrected chi connectivity index (χ3v) is 4.51. The third-order valence-electron chi connectivity index (χ3n) is 4.51. The Kier molecular flexibility index (Phi) is 5.37. The van der Waals surface area contributed by atoms with Gasteiger partial charge in [-0.2, -0.15) is 0 Å². The lowest BCUT2D eigenvalue weighted by Gasteiger charge is -2.32. The first-order chi connectivity index (χ1) is 12.5. The Balaban J connectivity index is 2.14. The van der Waals surface area contributed by atoms with Gasteiger partial charge < -0.3 is 9.83 Å². The maximum atomic E-state index is 14.4. The summed E-state index contributed by atoms with van der Waals surface area (Å²) in [6.45, 7) is 1.59. The molecule has 0 unspecified atom stereocenters. The number of halogens is 2. The van der Waals surface area contributed by atoms with Crippen molar-refractivity contribution in [2.24, 2.45) is 5.11 Å². The average Bonchev–Trinajstić information content (AvgIpc) is 3.02. The molecule has 26 heavy (non-hydrogen) atoms. The van der Waals surface area contributed by atoms with E-state index in [1.807, 2.05) is 30.3 Å². The maximum Gasteiger partial charge on any atom is 0.377 e. The highest BCUT2D eigenvalue weighted by Gasteiger charge is 2.40. The van der Waals surface area contributed by atoms with Gasteiger partial charge in [0, 0.05) is 29.1 Å². The van der Waals surface area contributed by atoms with Crippen LogP contribution in [0.3, 0.4) is 0 Å². The molecule has 1 aliphatic heterocycles. The summed E-state index contributed by atoms with van der Waals surface area (Å²) < 4.78 is 28.1. The van der Waals surface area contributed by atoms with Gasteiger partial charge in [0.05, 0.1) is 0 Å². The minimum atomic E-state index is -0.885. The average molecular weight is 354 g/mol. The van der Waals surface area contributed by atoms with E-state index in [0.29, 0.717) is 5.57 Å². The fourth-order valence-electron chi connectivity index (χ4n) is 3.43. The molecule has 2 aromatic rings. The molecule has 2 atom stereocenters. The van der Waals surface area contributed by atoms with E-state index in [2.05, 4.69) is 10.0 Å². The van der Waals surface area contributed by atoms with Gasteiger partial charge in [-0.1, -0.05) is 41.5 Å². The first-order valence-electron chi connectivity index (χ1n) is 8.21. The van der Waals surface area contributed by atoms with Crippen LogP contribution in [-0.2, 0) is 0 Å². The van der Waals surface area contributed by atoms with Crippen LogP contribution in [0, 0.1) is 11.6 Å². The highest BCUT2D eigenvalue weighted by Crippen LogP contribution is 2.40. The molecular weight excluding hydrogens is 337 g/mol. The van der Waals surface area contributed by atoms with Crippen LogP contribution in [0.2, 0.25) is 6.82 Å². The van der Waals surface area contributed by atoms with Gasteiger partial charge in [0.1, 0.15) is 11.6 Å². The lowest BCUT2D eigenvalue weighted by molar-refractivity contribution is 0.311. The molecule has 0 amide bonds. The number of nitrogens with zero attached hydrogens (tertiary/aromatic N) is 4. The molecule has 1 N–H and O–H groups in total. The number of hydrogen-bond donors (Lipinski definition) is 1. The zero-order chi connectivity index (χ0) is 18.7. The standard InChI is InChI=1S/C18H17BF2N4O/c1-19(26)25-17(12-5-3-2-4-6-12)10-15(18(25)11-23-24-22)14-9-13(20)7-8-16(14)21/h2-10,17-18,26H,11H2,1H3/t17-,18-/m0/s1. The number of azide groups is 1. The normalized spacial score (nSPS) is 19.8. The SMILES string of the molecule is CB(O)N1[C@@H](CN=[N+]=[N-])C(c2cc(F)ccc2F)=C[C@H]1c1ccccc1. The van der Waals surface area contributed by atoms with Crippen LogP contribution < -0.4 is 0 Å². The van der Waals surface area contributed by atoms with Gasteiger partial charge >= 0.3 is 7.05 Å². The van der Waals surface area contributed by atoms with Crippen LogP contribution in [0.1, 0.15) is 17.2 Å². The number of benzene rings is 2. The Morgan fingerprint density at radius 1 is 1.23 bits per heavy atom. The van der Waals surface area contributed by atoms with Gasteiger partial charge in [-0.25, -0.2) is 8.78 Å². The van der Waals surface area contributed by atoms with Crippen molar-refractivity contribution in [2.75, 3.05) is 6.54 Å². The summed E-state index contributed by atoms with van der Waals surface area (Å²) in [5, 5.41) is 13.9. The van der Waals surface area contributed by atoms with Crippen LogP contribution in [0.4, 0.5) is 8.78 Å². The molecule has 0 radical (unpaired) electrons. The van der Waals surface area contributed by atoms with E-state index < -0.39 is 24.7 Å². The van der Waals surface area contributed by atoms with Crippen LogP contribution in [0.25, 0.3) is 16.0 Å². The largest absolute Gasteiger partial charge is 0.437 e. The van der Waals surface area contributed by atoms with Gasteiger partial charge in [-0.3, -0.25) is 0 Å². The smallest absolute Gasteiger partial charge is 0.377 e. The van der Waals surface area contributed by atoms with Gasteiger partial charge in [0.25, 0.3) is 0 Å². The van der Waals surface area contributed by atoms with Gasteiger partial charge in [-0.15, -0.1) is 0 Å². The van der Waals surface area contributed by atoms with E-state index >= 15 is 0 Å². The van der Waals surface area contributed by atoms with Crippen LogP contribution in [-0.4, -0.2) is 29.5 Å². The molecule has 0 bridgehead atoms. The predicted molar refractivity (Wildman–Crippen MR) is 97.0 cm³/mol. The van der Waals surface area contributed by atoms with Gasteiger partial charge in [0.2, 0.25) is 0 Å². The predicted octanol–water partition coefficient (Wildman–Crippen LogP) is 4.19. The molecule has 1 heterocycles. The van der Waals surface area contributed by atoms with Crippen LogP contribution in [0.15, 0.2) is 59.7 Å². The molecule has 0 saturated carbocycles. The molecule has 0 aliphatic carbocycles. The zero-order valence-electron chi connectivity index (χ0n) is 14.1. The fraction of sp³-hybridized carbons (Fsp3) is 0.222. The third kappa shape index (κ3) is 3.48. The van der Waals surface area contributed by atoms with Crippen molar-refractivity contribution in [2.45, 2.75) is 18.9 Å². The second kappa shape index (κ2) is 7.70. The molecule has 2 aromatic carbocycles.